The summed E-state index contributed by atoms with van der Waals surface area (Å²) in [6.07, 6.45) is 4.91. The van der Waals surface area contributed by atoms with Gasteiger partial charge in [0.15, 0.2) is 0 Å². The molecule has 1 fully saturated rings. The minimum absolute atomic E-state index is 0.208. The van der Waals surface area contributed by atoms with E-state index < -0.39 is 0 Å². The van der Waals surface area contributed by atoms with Gasteiger partial charge < -0.3 is 5.11 Å². The lowest BCUT2D eigenvalue weighted by atomic mass is 9.76. The lowest BCUT2D eigenvalue weighted by Crippen LogP contribution is -2.30. The molecule has 3 atom stereocenters. The Kier molecular flexibility index (Phi) is 4.94. The number of aliphatic hydroxyl groups excluding tert-OH is 1. The fraction of sp³-hybridized carbons (Fsp3) is 0.600. The molecule has 0 heterocycles. The summed E-state index contributed by atoms with van der Waals surface area (Å²) in [5.74, 6) is 1.03. The highest BCUT2D eigenvalue weighted by atomic mass is 35.5. The van der Waals surface area contributed by atoms with Crippen LogP contribution in [0.2, 0.25) is 10.0 Å². The zero-order chi connectivity index (χ0) is 13.1. The molecule has 1 aliphatic carbocycles. The second-order valence-electron chi connectivity index (χ2n) is 5.32. The van der Waals surface area contributed by atoms with E-state index in [-0.39, 0.29) is 6.10 Å². The average molecular weight is 287 g/mol. The minimum atomic E-state index is -0.208. The highest BCUT2D eigenvalue weighted by Crippen LogP contribution is 2.36. The van der Waals surface area contributed by atoms with Crippen molar-refractivity contribution in [2.24, 2.45) is 11.8 Å². The molecule has 0 bridgehead atoms. The molecule has 18 heavy (non-hydrogen) atoms. The second-order valence-corrected chi connectivity index (χ2v) is 6.13. The number of hydrogen-bond donors (Lipinski definition) is 1. The minimum Gasteiger partial charge on any atom is -0.393 e. The molecule has 1 aromatic rings. The van der Waals surface area contributed by atoms with Crippen LogP contribution in [0.3, 0.4) is 0 Å². The molecular formula is C15H20Cl2O. The van der Waals surface area contributed by atoms with Gasteiger partial charge in [0.2, 0.25) is 0 Å². The zero-order valence-corrected chi connectivity index (χ0v) is 12.2. The van der Waals surface area contributed by atoms with Crippen LogP contribution in [0.25, 0.3) is 0 Å². The summed E-state index contributed by atoms with van der Waals surface area (Å²) in [6, 6.07) is 5.60. The van der Waals surface area contributed by atoms with Crippen molar-refractivity contribution < 1.29 is 5.11 Å². The van der Waals surface area contributed by atoms with E-state index in [0.29, 0.717) is 16.0 Å². The Hall–Kier alpha value is -0.240. The number of benzene rings is 1. The Morgan fingerprint density at radius 2 is 1.89 bits per heavy atom. The Balaban J connectivity index is 2.12. The lowest BCUT2D eigenvalue weighted by Gasteiger charge is -2.33. The van der Waals surface area contributed by atoms with E-state index in [9.17, 15) is 5.11 Å². The van der Waals surface area contributed by atoms with E-state index in [1.165, 1.54) is 6.42 Å². The van der Waals surface area contributed by atoms with Gasteiger partial charge in [-0.25, -0.2) is 0 Å². The van der Waals surface area contributed by atoms with Crippen LogP contribution in [0.5, 0.6) is 0 Å². The normalized spacial score (nSPS) is 28.3. The van der Waals surface area contributed by atoms with Crippen molar-refractivity contribution in [3.8, 4) is 0 Å². The van der Waals surface area contributed by atoms with Crippen LogP contribution in [0.1, 0.15) is 38.2 Å². The van der Waals surface area contributed by atoms with Crippen LogP contribution in [-0.4, -0.2) is 11.2 Å². The predicted molar refractivity (Wildman–Crippen MR) is 77.3 cm³/mol. The summed E-state index contributed by atoms with van der Waals surface area (Å²) >= 11 is 12.4. The van der Waals surface area contributed by atoms with Gasteiger partial charge in [-0.05, 0) is 55.2 Å². The molecule has 0 spiro atoms. The van der Waals surface area contributed by atoms with E-state index in [1.54, 1.807) is 0 Å². The van der Waals surface area contributed by atoms with Gasteiger partial charge in [-0.1, -0.05) is 42.6 Å². The zero-order valence-electron chi connectivity index (χ0n) is 10.7. The predicted octanol–water partition coefficient (Wildman–Crippen LogP) is 4.72. The van der Waals surface area contributed by atoms with Gasteiger partial charge in [0.25, 0.3) is 0 Å². The molecule has 0 aromatic heterocycles. The SMILES string of the molecule is CCC1CCC(O)C(Cc2c(Cl)cccc2Cl)C1. The average Bonchev–Trinajstić information content (AvgIpc) is 2.36. The van der Waals surface area contributed by atoms with Crippen molar-refractivity contribution in [1.82, 2.24) is 0 Å². The number of aliphatic hydroxyl groups is 1. The molecule has 1 aliphatic rings. The van der Waals surface area contributed by atoms with Crippen LogP contribution in [0, 0.1) is 11.8 Å². The molecule has 1 saturated carbocycles. The first-order valence-corrected chi connectivity index (χ1v) is 7.48. The Morgan fingerprint density at radius 1 is 1.22 bits per heavy atom. The van der Waals surface area contributed by atoms with E-state index >= 15 is 0 Å². The summed E-state index contributed by atoms with van der Waals surface area (Å²) in [5.41, 5.74) is 0.988. The highest BCUT2D eigenvalue weighted by molar-refractivity contribution is 6.35. The highest BCUT2D eigenvalue weighted by Gasteiger charge is 2.29. The number of halogens is 2. The molecule has 100 valence electrons. The molecule has 3 heteroatoms. The summed E-state index contributed by atoms with van der Waals surface area (Å²) in [5, 5.41) is 11.6. The van der Waals surface area contributed by atoms with E-state index in [1.807, 2.05) is 18.2 Å². The number of hydrogen-bond acceptors (Lipinski definition) is 1. The Labute approximate surface area is 119 Å². The van der Waals surface area contributed by atoms with E-state index in [2.05, 4.69) is 6.92 Å². The van der Waals surface area contributed by atoms with Crippen molar-refractivity contribution in [2.75, 3.05) is 0 Å². The first-order valence-electron chi connectivity index (χ1n) is 6.72. The first-order chi connectivity index (χ1) is 8.61. The molecule has 0 radical (unpaired) electrons. The monoisotopic (exact) mass is 286 g/mol. The third-order valence-corrected chi connectivity index (χ3v) is 4.86. The standard InChI is InChI=1S/C15H20Cl2O/c1-2-10-6-7-15(18)11(8-10)9-12-13(16)4-3-5-14(12)17/h3-5,10-11,15,18H,2,6-9H2,1H3. The van der Waals surface area contributed by atoms with Gasteiger partial charge in [-0.3, -0.25) is 0 Å². The van der Waals surface area contributed by atoms with Gasteiger partial charge in [0.1, 0.15) is 0 Å². The van der Waals surface area contributed by atoms with Crippen molar-refractivity contribution in [2.45, 2.75) is 45.1 Å². The maximum Gasteiger partial charge on any atom is 0.0571 e. The summed E-state index contributed by atoms with van der Waals surface area (Å²) < 4.78 is 0. The van der Waals surface area contributed by atoms with Crippen molar-refractivity contribution >= 4 is 23.2 Å². The molecule has 3 unspecified atom stereocenters. The molecule has 0 aliphatic heterocycles. The third-order valence-electron chi connectivity index (χ3n) is 4.16. The third kappa shape index (κ3) is 3.20. The van der Waals surface area contributed by atoms with Gasteiger partial charge in [-0.2, -0.15) is 0 Å². The van der Waals surface area contributed by atoms with Crippen LogP contribution in [0.15, 0.2) is 18.2 Å². The number of rotatable bonds is 3. The lowest BCUT2D eigenvalue weighted by molar-refractivity contribution is 0.0475. The smallest absolute Gasteiger partial charge is 0.0571 e. The Morgan fingerprint density at radius 3 is 2.50 bits per heavy atom. The van der Waals surface area contributed by atoms with Crippen LogP contribution in [0.4, 0.5) is 0 Å². The maximum atomic E-state index is 10.1. The molecule has 2 rings (SSSR count). The molecule has 1 nitrogen and oxygen atoms in total. The van der Waals surface area contributed by atoms with Crippen LogP contribution >= 0.6 is 23.2 Å². The van der Waals surface area contributed by atoms with Crippen molar-refractivity contribution in [3.63, 3.8) is 0 Å². The van der Waals surface area contributed by atoms with Gasteiger partial charge in [0, 0.05) is 10.0 Å². The molecule has 1 aromatic carbocycles. The maximum absolute atomic E-state index is 10.1. The summed E-state index contributed by atoms with van der Waals surface area (Å²) in [6.45, 7) is 2.22. The fourth-order valence-corrected chi connectivity index (χ4v) is 3.48. The van der Waals surface area contributed by atoms with Gasteiger partial charge >= 0.3 is 0 Å². The molecule has 0 amide bonds. The van der Waals surface area contributed by atoms with Crippen molar-refractivity contribution in [3.05, 3.63) is 33.8 Å². The molecule has 1 N–H and O–H groups in total. The van der Waals surface area contributed by atoms with Crippen molar-refractivity contribution in [1.29, 1.82) is 0 Å². The quantitative estimate of drug-likeness (QED) is 0.852. The Bertz CT molecular complexity index is 385. The second kappa shape index (κ2) is 6.27. The summed E-state index contributed by atoms with van der Waals surface area (Å²) in [4.78, 5) is 0. The molecular weight excluding hydrogens is 267 g/mol. The molecule has 0 saturated heterocycles. The first kappa shape index (κ1) is 14.2. The van der Waals surface area contributed by atoms with E-state index in [4.69, 9.17) is 23.2 Å². The van der Waals surface area contributed by atoms with Gasteiger partial charge in [-0.15, -0.1) is 0 Å². The van der Waals surface area contributed by atoms with Crippen LogP contribution in [-0.2, 0) is 6.42 Å². The van der Waals surface area contributed by atoms with Gasteiger partial charge in [0.05, 0.1) is 6.10 Å². The summed E-state index contributed by atoms with van der Waals surface area (Å²) in [7, 11) is 0. The largest absolute Gasteiger partial charge is 0.393 e. The fourth-order valence-electron chi connectivity index (χ4n) is 2.92. The van der Waals surface area contributed by atoms with Crippen LogP contribution < -0.4 is 0 Å². The van der Waals surface area contributed by atoms with E-state index in [0.717, 1.165) is 37.2 Å². The topological polar surface area (TPSA) is 20.2 Å².